The third-order valence-corrected chi connectivity index (χ3v) is 3.65. The Morgan fingerprint density at radius 1 is 1.17 bits per heavy atom. The smallest absolute Gasteiger partial charge is 0.223 e. The van der Waals surface area contributed by atoms with Crippen LogP contribution >= 0.6 is 12.4 Å². The molecule has 0 aliphatic carbocycles. The van der Waals surface area contributed by atoms with Crippen molar-refractivity contribution in [1.82, 2.24) is 20.9 Å². The van der Waals surface area contributed by atoms with Gasteiger partial charge in [-0.2, -0.15) is 0 Å². The minimum Gasteiger partial charge on any atom is -0.355 e. The number of carbonyl (C=O) groups is 3. The van der Waals surface area contributed by atoms with Crippen molar-refractivity contribution in [1.29, 1.82) is 0 Å². The van der Waals surface area contributed by atoms with E-state index in [1.54, 1.807) is 0 Å². The highest BCUT2D eigenvalue weighted by Crippen LogP contribution is 2.11. The Hall–Kier alpha value is -1.34. The molecule has 1 heterocycles. The van der Waals surface area contributed by atoms with Gasteiger partial charge in [0.15, 0.2) is 0 Å². The van der Waals surface area contributed by atoms with Crippen molar-refractivity contribution in [3.63, 3.8) is 0 Å². The first-order chi connectivity index (χ1) is 10.5. The normalized spacial score (nSPS) is 16.3. The van der Waals surface area contributed by atoms with Gasteiger partial charge in [-0.1, -0.05) is 6.92 Å². The number of amides is 3. The lowest BCUT2D eigenvalue weighted by Crippen LogP contribution is -2.42. The molecule has 1 aliphatic rings. The monoisotopic (exact) mass is 348 g/mol. The van der Waals surface area contributed by atoms with Crippen molar-refractivity contribution < 1.29 is 14.4 Å². The van der Waals surface area contributed by atoms with Gasteiger partial charge in [-0.15, -0.1) is 12.4 Å². The Labute approximate surface area is 144 Å². The number of hydrogen-bond donors (Lipinski definition) is 3. The summed E-state index contributed by atoms with van der Waals surface area (Å²) in [6.07, 6.45) is 2.33. The van der Waals surface area contributed by atoms with Crippen LogP contribution in [0.3, 0.4) is 0 Å². The molecule has 0 aromatic rings. The van der Waals surface area contributed by atoms with E-state index in [4.69, 9.17) is 0 Å². The second kappa shape index (κ2) is 12.1. The minimum absolute atomic E-state index is 0. The van der Waals surface area contributed by atoms with E-state index in [9.17, 15) is 14.4 Å². The Balaban J connectivity index is 0.00000484. The molecule has 0 bridgehead atoms. The van der Waals surface area contributed by atoms with E-state index in [0.717, 1.165) is 32.5 Å². The molecule has 0 aromatic heterocycles. The van der Waals surface area contributed by atoms with Gasteiger partial charge in [-0.25, -0.2) is 0 Å². The number of carbonyl (C=O) groups excluding carboxylic acids is 3. The lowest BCUT2D eigenvalue weighted by molar-refractivity contribution is -0.135. The second-order valence-corrected chi connectivity index (χ2v) is 5.57. The van der Waals surface area contributed by atoms with E-state index in [1.165, 1.54) is 6.92 Å². The summed E-state index contributed by atoms with van der Waals surface area (Å²) in [6, 6.07) is 0.260. The lowest BCUT2D eigenvalue weighted by Gasteiger charge is -2.28. The zero-order valence-corrected chi connectivity index (χ0v) is 14.8. The topological polar surface area (TPSA) is 90.5 Å². The summed E-state index contributed by atoms with van der Waals surface area (Å²) in [5, 5.41) is 8.57. The van der Waals surface area contributed by atoms with Crippen molar-refractivity contribution in [2.24, 2.45) is 0 Å². The second-order valence-electron chi connectivity index (χ2n) is 5.57. The van der Waals surface area contributed by atoms with E-state index in [-0.39, 0.29) is 49.0 Å². The van der Waals surface area contributed by atoms with Crippen LogP contribution < -0.4 is 16.0 Å². The van der Waals surface area contributed by atoms with Gasteiger partial charge < -0.3 is 20.9 Å². The Bertz CT molecular complexity index is 387. The molecule has 134 valence electrons. The molecule has 0 saturated carbocycles. The number of halogens is 1. The van der Waals surface area contributed by atoms with Crippen molar-refractivity contribution in [3.8, 4) is 0 Å². The zero-order chi connectivity index (χ0) is 16.4. The molecule has 3 N–H and O–H groups in total. The van der Waals surface area contributed by atoms with Gasteiger partial charge in [0.2, 0.25) is 17.7 Å². The molecule has 0 aromatic carbocycles. The van der Waals surface area contributed by atoms with Crippen LogP contribution in [0.2, 0.25) is 0 Å². The molecule has 1 unspecified atom stereocenters. The third kappa shape index (κ3) is 8.76. The van der Waals surface area contributed by atoms with E-state index in [0.29, 0.717) is 13.1 Å². The molecule has 7 nitrogen and oxygen atoms in total. The molecule has 1 fully saturated rings. The minimum atomic E-state index is -0.153. The Morgan fingerprint density at radius 2 is 1.87 bits per heavy atom. The van der Waals surface area contributed by atoms with Gasteiger partial charge >= 0.3 is 0 Å². The molecular formula is C15H29ClN4O3. The maximum absolute atomic E-state index is 12.3. The zero-order valence-electron chi connectivity index (χ0n) is 14.0. The van der Waals surface area contributed by atoms with Crippen molar-refractivity contribution >= 4 is 30.1 Å². The molecule has 3 amide bonds. The van der Waals surface area contributed by atoms with Gasteiger partial charge in [0.1, 0.15) is 0 Å². The van der Waals surface area contributed by atoms with Crippen LogP contribution in [0.15, 0.2) is 0 Å². The van der Waals surface area contributed by atoms with E-state index in [2.05, 4.69) is 22.9 Å². The van der Waals surface area contributed by atoms with Crippen LogP contribution in [0.5, 0.6) is 0 Å². The molecule has 1 saturated heterocycles. The first-order valence-corrected chi connectivity index (χ1v) is 8.06. The number of rotatable bonds is 9. The Kier molecular flexibility index (Phi) is 11.4. The average molecular weight is 349 g/mol. The molecule has 23 heavy (non-hydrogen) atoms. The fourth-order valence-corrected chi connectivity index (χ4v) is 2.55. The van der Waals surface area contributed by atoms with Crippen molar-refractivity contribution in [3.05, 3.63) is 0 Å². The molecular weight excluding hydrogens is 320 g/mol. The maximum atomic E-state index is 12.3. The van der Waals surface area contributed by atoms with Crippen molar-refractivity contribution in [2.45, 2.75) is 45.6 Å². The number of nitrogens with zero attached hydrogens (tertiary/aromatic N) is 1. The molecule has 1 aliphatic heterocycles. The molecule has 1 atom stereocenters. The Morgan fingerprint density at radius 3 is 2.43 bits per heavy atom. The molecule has 1 rings (SSSR count). The van der Waals surface area contributed by atoms with Gasteiger partial charge in [0.05, 0.1) is 0 Å². The predicted molar refractivity (Wildman–Crippen MR) is 91.5 cm³/mol. The van der Waals surface area contributed by atoms with Crippen LogP contribution in [-0.4, -0.2) is 61.4 Å². The lowest BCUT2D eigenvalue weighted by atomic mass is 10.1. The summed E-state index contributed by atoms with van der Waals surface area (Å²) in [5.41, 5.74) is 0. The standard InChI is InChI=1S/C15H28N4O3.ClH/c1-3-10-19(13-6-7-16-11-13)15(22)5-4-14(21)18-9-8-17-12(2)20;/h13,16H,3-11H2,1-2H3,(H,17,20)(H,18,21);1H. The summed E-state index contributed by atoms with van der Waals surface area (Å²) < 4.78 is 0. The quantitative estimate of drug-likeness (QED) is 0.513. The van der Waals surface area contributed by atoms with Crippen LogP contribution in [0.4, 0.5) is 0 Å². The van der Waals surface area contributed by atoms with E-state index >= 15 is 0 Å². The first-order valence-electron chi connectivity index (χ1n) is 8.06. The summed E-state index contributed by atoms with van der Waals surface area (Å²) >= 11 is 0. The van der Waals surface area contributed by atoms with Crippen molar-refractivity contribution in [2.75, 3.05) is 32.7 Å². The molecule has 8 heteroatoms. The summed E-state index contributed by atoms with van der Waals surface area (Å²) in [5.74, 6) is -0.225. The summed E-state index contributed by atoms with van der Waals surface area (Å²) in [7, 11) is 0. The van der Waals surface area contributed by atoms with Crippen LogP contribution in [0, 0.1) is 0 Å². The summed E-state index contributed by atoms with van der Waals surface area (Å²) in [6.45, 7) is 6.81. The highest BCUT2D eigenvalue weighted by Gasteiger charge is 2.25. The maximum Gasteiger partial charge on any atom is 0.223 e. The van der Waals surface area contributed by atoms with Crippen LogP contribution in [0.25, 0.3) is 0 Å². The predicted octanol–water partition coefficient (Wildman–Crippen LogP) is 0.0412. The van der Waals surface area contributed by atoms with E-state index < -0.39 is 0 Å². The largest absolute Gasteiger partial charge is 0.355 e. The first kappa shape index (κ1) is 21.7. The van der Waals surface area contributed by atoms with E-state index in [1.807, 2.05) is 4.90 Å². The fraction of sp³-hybridized carbons (Fsp3) is 0.800. The average Bonchev–Trinajstić information content (AvgIpc) is 3.00. The highest BCUT2D eigenvalue weighted by atomic mass is 35.5. The van der Waals surface area contributed by atoms with Crippen LogP contribution in [0.1, 0.15) is 39.5 Å². The number of hydrogen-bond acceptors (Lipinski definition) is 4. The fourth-order valence-electron chi connectivity index (χ4n) is 2.55. The van der Waals surface area contributed by atoms with Gasteiger partial charge in [0.25, 0.3) is 0 Å². The van der Waals surface area contributed by atoms with Gasteiger partial charge in [0, 0.05) is 52.0 Å². The SMILES string of the molecule is CCCN(C(=O)CCC(=O)NCCNC(C)=O)C1CCNC1.Cl. The van der Waals surface area contributed by atoms with Gasteiger partial charge in [-0.3, -0.25) is 14.4 Å². The van der Waals surface area contributed by atoms with Crippen LogP contribution in [-0.2, 0) is 14.4 Å². The summed E-state index contributed by atoms with van der Waals surface area (Å²) in [4.78, 5) is 36.6. The molecule has 0 radical (unpaired) electrons. The number of nitrogens with one attached hydrogen (secondary N) is 3. The van der Waals surface area contributed by atoms with Gasteiger partial charge in [-0.05, 0) is 19.4 Å². The molecule has 0 spiro atoms. The highest BCUT2D eigenvalue weighted by molar-refractivity contribution is 5.85. The third-order valence-electron chi connectivity index (χ3n) is 3.65.